The molecule has 2 N–H and O–H groups in total. The Hall–Kier alpha value is -3.56. The van der Waals surface area contributed by atoms with Crippen molar-refractivity contribution in [3.63, 3.8) is 0 Å². The molecule has 2 aromatic carbocycles. The van der Waals surface area contributed by atoms with Crippen LogP contribution in [-0.2, 0) is 0 Å². The Bertz CT molecular complexity index is 1420. The Morgan fingerprint density at radius 2 is 0.977 bits per heavy atom. The molecule has 0 spiro atoms. The lowest BCUT2D eigenvalue weighted by molar-refractivity contribution is -0.256. The predicted octanol–water partition coefficient (Wildman–Crippen LogP) is 4.18. The van der Waals surface area contributed by atoms with E-state index in [1.165, 1.54) is 0 Å². The average molecular weight is 587 g/mol. The third-order valence-corrected chi connectivity index (χ3v) is 8.72. The van der Waals surface area contributed by atoms with Crippen LogP contribution in [0.15, 0.2) is 40.8 Å². The normalized spacial score (nSPS) is 21.4. The van der Waals surface area contributed by atoms with E-state index in [0.29, 0.717) is 22.3 Å². The summed E-state index contributed by atoms with van der Waals surface area (Å²) in [6, 6.07) is 10.1. The van der Waals surface area contributed by atoms with Crippen molar-refractivity contribution in [1.82, 2.24) is 20.8 Å². The molecule has 0 atom stereocenters. The van der Waals surface area contributed by atoms with E-state index in [1.807, 2.05) is 12.1 Å². The van der Waals surface area contributed by atoms with Gasteiger partial charge in [-0.1, -0.05) is 12.1 Å². The molecule has 9 heteroatoms. The minimum Gasteiger partial charge on any atom is -0.545 e. The summed E-state index contributed by atoms with van der Waals surface area (Å²) in [5, 5.41) is 40.1. The van der Waals surface area contributed by atoms with E-state index in [2.05, 4.69) is 76.2 Å². The highest BCUT2D eigenvalue weighted by atomic mass is 16.4. The van der Waals surface area contributed by atoms with E-state index in [1.54, 1.807) is 24.3 Å². The Morgan fingerprint density at radius 3 is 1.28 bits per heavy atom. The van der Waals surface area contributed by atoms with Crippen LogP contribution >= 0.6 is 0 Å². The van der Waals surface area contributed by atoms with Gasteiger partial charge in [0.25, 0.3) is 0 Å². The van der Waals surface area contributed by atoms with E-state index in [0.717, 1.165) is 25.7 Å². The maximum absolute atomic E-state index is 12.1. The molecule has 5 rings (SSSR count). The molecular weight excluding hydrogens is 544 g/mol. The first-order chi connectivity index (χ1) is 19.8. The topological polar surface area (TPSA) is 143 Å². The van der Waals surface area contributed by atoms with Crippen LogP contribution in [0.25, 0.3) is 22.9 Å². The molecule has 3 heterocycles. The van der Waals surface area contributed by atoms with Gasteiger partial charge in [-0.15, -0.1) is 10.2 Å². The number of hydrogen-bond acceptors (Lipinski definition) is 9. The fraction of sp³-hybridized carbons (Fsp3) is 0.529. The van der Waals surface area contributed by atoms with Gasteiger partial charge < -0.3 is 34.9 Å². The standard InChI is InChI=1S/C34H44N4O5/c1-31(2)15-21(16-32(3,4)37-31)25-13-19(9-11-23(25)29(39)40)27-35-36-28(43-27)20-10-12-24(30(41)42)26(14-20)22-17-33(5,6)38-34(7,8)18-22/h9-14,21-22,37-38H,15-18H2,1-8H3,(H,39,40)(H,41,42)/p-2. The number of nitrogens with zero attached hydrogens (tertiary/aromatic N) is 2. The SMILES string of the molecule is CC1(C)CC(c2cc(-c3nnc(-c4ccc(C(=O)[O-])c(C5CC(C)(C)NC(C)(C)C5)c4)o3)ccc2C(=O)[O-])CC(C)(C)N1. The molecule has 2 aliphatic rings. The number of piperidine rings is 2. The van der Waals surface area contributed by atoms with Crippen LogP contribution in [0.2, 0.25) is 0 Å². The molecule has 230 valence electrons. The van der Waals surface area contributed by atoms with Gasteiger partial charge in [0.15, 0.2) is 0 Å². The lowest BCUT2D eigenvalue weighted by atomic mass is 9.72. The van der Waals surface area contributed by atoms with Crippen molar-refractivity contribution in [3.8, 4) is 22.9 Å². The molecule has 0 saturated carbocycles. The lowest BCUT2D eigenvalue weighted by Crippen LogP contribution is -2.57. The molecule has 2 fully saturated rings. The van der Waals surface area contributed by atoms with Crippen LogP contribution in [0.3, 0.4) is 0 Å². The number of aromatic carboxylic acids is 2. The van der Waals surface area contributed by atoms with Gasteiger partial charge in [-0.3, -0.25) is 0 Å². The monoisotopic (exact) mass is 586 g/mol. The van der Waals surface area contributed by atoms with Gasteiger partial charge in [0, 0.05) is 44.4 Å². The summed E-state index contributed by atoms with van der Waals surface area (Å²) in [6.07, 6.45) is 3.03. The molecule has 9 nitrogen and oxygen atoms in total. The van der Waals surface area contributed by atoms with Gasteiger partial charge in [-0.05, 0) is 128 Å². The van der Waals surface area contributed by atoms with Crippen LogP contribution in [0, 0.1) is 0 Å². The zero-order valence-electron chi connectivity index (χ0n) is 26.4. The molecule has 0 amide bonds. The number of carbonyl (C=O) groups is 2. The summed E-state index contributed by atoms with van der Waals surface area (Å²) in [7, 11) is 0. The van der Waals surface area contributed by atoms with E-state index in [4.69, 9.17) is 4.42 Å². The number of carbonyl (C=O) groups excluding carboxylic acids is 2. The van der Waals surface area contributed by atoms with Crippen LogP contribution in [0.5, 0.6) is 0 Å². The summed E-state index contributed by atoms with van der Waals surface area (Å²) < 4.78 is 6.13. The van der Waals surface area contributed by atoms with Gasteiger partial charge in [0.05, 0.1) is 11.9 Å². The average Bonchev–Trinajstić information content (AvgIpc) is 3.34. The minimum atomic E-state index is -1.22. The molecule has 0 radical (unpaired) electrons. The van der Waals surface area contributed by atoms with E-state index in [-0.39, 0.29) is 56.9 Å². The summed E-state index contributed by atoms with van der Waals surface area (Å²) in [6.45, 7) is 17.0. The smallest absolute Gasteiger partial charge is 0.248 e. The van der Waals surface area contributed by atoms with Crippen molar-refractivity contribution in [1.29, 1.82) is 0 Å². The molecule has 0 unspecified atom stereocenters. The highest BCUT2D eigenvalue weighted by Crippen LogP contribution is 2.43. The van der Waals surface area contributed by atoms with Crippen molar-refractivity contribution in [3.05, 3.63) is 58.7 Å². The minimum absolute atomic E-state index is 0.0142. The predicted molar refractivity (Wildman–Crippen MR) is 160 cm³/mol. The first-order valence-corrected chi connectivity index (χ1v) is 15.0. The fourth-order valence-corrected chi connectivity index (χ4v) is 7.98. The summed E-state index contributed by atoms with van der Waals surface area (Å²) >= 11 is 0. The maximum atomic E-state index is 12.1. The van der Waals surface area contributed by atoms with Gasteiger partial charge >= 0.3 is 0 Å². The zero-order chi connectivity index (χ0) is 31.5. The highest BCUT2D eigenvalue weighted by Gasteiger charge is 2.40. The Balaban J connectivity index is 1.52. The molecule has 2 saturated heterocycles. The second-order valence-corrected chi connectivity index (χ2v) is 15.1. The number of carboxylic acids is 2. The Morgan fingerprint density at radius 1 is 0.651 bits per heavy atom. The van der Waals surface area contributed by atoms with E-state index < -0.39 is 11.9 Å². The quantitative estimate of drug-likeness (QED) is 0.435. The van der Waals surface area contributed by atoms with Gasteiger partial charge in [-0.2, -0.15) is 0 Å². The molecule has 1 aromatic heterocycles. The van der Waals surface area contributed by atoms with Crippen molar-refractivity contribution in [2.75, 3.05) is 0 Å². The van der Waals surface area contributed by atoms with Crippen molar-refractivity contribution >= 4 is 11.9 Å². The number of carboxylic acid groups (broad SMARTS) is 2. The Kier molecular flexibility index (Phi) is 7.58. The largest absolute Gasteiger partial charge is 0.545 e. The zero-order valence-corrected chi connectivity index (χ0v) is 26.4. The molecule has 2 aliphatic heterocycles. The fourth-order valence-electron chi connectivity index (χ4n) is 7.98. The lowest BCUT2D eigenvalue weighted by Gasteiger charge is -2.47. The Labute approximate surface area is 253 Å². The molecule has 3 aromatic rings. The number of benzene rings is 2. The summed E-state index contributed by atoms with van der Waals surface area (Å²) in [5.74, 6) is -1.95. The van der Waals surface area contributed by atoms with Gasteiger partial charge in [0.2, 0.25) is 11.8 Å². The first-order valence-electron chi connectivity index (χ1n) is 15.0. The maximum Gasteiger partial charge on any atom is 0.248 e. The van der Waals surface area contributed by atoms with E-state index in [9.17, 15) is 19.8 Å². The molecule has 43 heavy (non-hydrogen) atoms. The number of hydrogen-bond donors (Lipinski definition) is 2. The summed E-state index contributed by atoms with van der Waals surface area (Å²) in [4.78, 5) is 24.2. The number of rotatable bonds is 6. The molecular formula is C34H42N4O5-2. The third kappa shape index (κ3) is 6.68. The highest BCUT2D eigenvalue weighted by molar-refractivity contribution is 5.89. The third-order valence-electron chi connectivity index (χ3n) is 8.72. The van der Waals surface area contributed by atoms with E-state index >= 15 is 0 Å². The van der Waals surface area contributed by atoms with Crippen molar-refractivity contribution < 1.29 is 24.2 Å². The number of aromatic nitrogens is 2. The first kappa shape index (κ1) is 30.9. The van der Waals surface area contributed by atoms with Gasteiger partial charge in [-0.25, -0.2) is 0 Å². The number of nitrogens with one attached hydrogen (secondary N) is 2. The molecule has 0 aliphatic carbocycles. The van der Waals surface area contributed by atoms with Gasteiger partial charge in [0.1, 0.15) is 0 Å². The second-order valence-electron chi connectivity index (χ2n) is 15.1. The van der Waals surface area contributed by atoms with Crippen LogP contribution in [0.1, 0.15) is 125 Å². The second kappa shape index (κ2) is 10.6. The van der Waals surface area contributed by atoms with Crippen molar-refractivity contribution in [2.24, 2.45) is 0 Å². The molecule has 0 bridgehead atoms. The summed E-state index contributed by atoms with van der Waals surface area (Å²) in [5.41, 5.74) is 2.20. The van der Waals surface area contributed by atoms with Crippen LogP contribution < -0.4 is 20.8 Å². The van der Waals surface area contributed by atoms with Crippen LogP contribution in [-0.4, -0.2) is 44.3 Å². The van der Waals surface area contributed by atoms with Crippen molar-refractivity contribution in [2.45, 2.75) is 115 Å². The van der Waals surface area contributed by atoms with Crippen LogP contribution in [0.4, 0.5) is 0 Å².